The Balaban J connectivity index is 2.71. The van der Waals surface area contributed by atoms with Crippen molar-refractivity contribution < 1.29 is 17.9 Å². The zero-order valence-corrected chi connectivity index (χ0v) is 7.38. The number of alkyl halides is 2. The lowest BCUT2D eigenvalue weighted by Crippen LogP contribution is -2.04. The van der Waals surface area contributed by atoms with Gasteiger partial charge in [-0.3, -0.25) is 0 Å². The second-order valence-electron chi connectivity index (χ2n) is 2.49. The summed E-state index contributed by atoms with van der Waals surface area (Å²) < 4.78 is 39.8. The van der Waals surface area contributed by atoms with E-state index in [4.69, 9.17) is 0 Å². The topological polar surface area (TPSA) is 21.6 Å². The van der Waals surface area contributed by atoms with Crippen LogP contribution in [0.3, 0.4) is 0 Å². The lowest BCUT2D eigenvalue weighted by molar-refractivity contribution is -0.0607. The van der Waals surface area contributed by atoms with Crippen LogP contribution in [0.25, 0.3) is 0 Å². The van der Waals surface area contributed by atoms with E-state index in [-0.39, 0.29) is 5.90 Å². The van der Waals surface area contributed by atoms with Crippen LogP contribution in [0.4, 0.5) is 18.9 Å². The van der Waals surface area contributed by atoms with Gasteiger partial charge in [0.25, 0.3) is 0 Å². The zero-order valence-electron chi connectivity index (χ0n) is 7.38. The second kappa shape index (κ2) is 4.64. The molecule has 2 nitrogen and oxygen atoms in total. The molecule has 0 spiro atoms. The van der Waals surface area contributed by atoms with Crippen LogP contribution in [0.1, 0.15) is 6.92 Å². The summed E-state index contributed by atoms with van der Waals surface area (Å²) in [5.74, 6) is -0.567. The van der Waals surface area contributed by atoms with Crippen molar-refractivity contribution in [3.63, 3.8) is 0 Å². The molecule has 76 valence electrons. The van der Waals surface area contributed by atoms with Crippen LogP contribution >= 0.6 is 0 Å². The highest BCUT2D eigenvalue weighted by Crippen LogP contribution is 2.13. The summed E-state index contributed by atoms with van der Waals surface area (Å²) in [6, 6.07) is 5.12. The minimum absolute atomic E-state index is 0.161. The predicted octanol–water partition coefficient (Wildman–Crippen LogP) is 3.11. The summed E-state index contributed by atoms with van der Waals surface area (Å²) in [6.45, 7) is -1.59. The van der Waals surface area contributed by atoms with Crippen molar-refractivity contribution >= 4 is 11.6 Å². The predicted molar refractivity (Wildman–Crippen MR) is 46.3 cm³/mol. The van der Waals surface area contributed by atoms with Crippen molar-refractivity contribution in [1.82, 2.24) is 0 Å². The van der Waals surface area contributed by atoms with E-state index in [1.807, 2.05) is 0 Å². The SMILES string of the molecule is CC(=Nc1ccc(F)cc1)OC(F)F. The molecule has 0 bridgehead atoms. The summed E-state index contributed by atoms with van der Waals surface area (Å²) >= 11 is 0. The van der Waals surface area contributed by atoms with Crippen molar-refractivity contribution in [1.29, 1.82) is 0 Å². The van der Waals surface area contributed by atoms with Crippen molar-refractivity contribution in [2.45, 2.75) is 13.5 Å². The molecule has 0 atom stereocenters. The fraction of sp³-hybridized carbons (Fsp3) is 0.222. The molecule has 0 heterocycles. The molecule has 5 heteroatoms. The van der Waals surface area contributed by atoms with Crippen LogP contribution in [-0.4, -0.2) is 12.5 Å². The molecule has 14 heavy (non-hydrogen) atoms. The maximum Gasteiger partial charge on any atom is 0.388 e. The first-order valence-corrected chi connectivity index (χ1v) is 3.83. The van der Waals surface area contributed by atoms with Gasteiger partial charge in [-0.25, -0.2) is 9.38 Å². The number of nitrogens with zero attached hydrogens (tertiary/aromatic N) is 1. The van der Waals surface area contributed by atoms with Crippen molar-refractivity contribution in [3.8, 4) is 0 Å². The van der Waals surface area contributed by atoms with Gasteiger partial charge in [0.1, 0.15) is 5.82 Å². The van der Waals surface area contributed by atoms with Gasteiger partial charge in [-0.1, -0.05) is 0 Å². The van der Waals surface area contributed by atoms with E-state index >= 15 is 0 Å². The van der Waals surface area contributed by atoms with E-state index in [9.17, 15) is 13.2 Å². The van der Waals surface area contributed by atoms with Crippen LogP contribution in [0, 0.1) is 5.82 Å². The minimum atomic E-state index is -2.89. The average Bonchev–Trinajstić information content (AvgIpc) is 2.07. The molecule has 1 aromatic carbocycles. The molecule has 0 N–H and O–H groups in total. The molecule has 0 unspecified atom stereocenters. The first-order valence-electron chi connectivity index (χ1n) is 3.83. The first-order chi connectivity index (χ1) is 6.58. The van der Waals surface area contributed by atoms with E-state index in [0.29, 0.717) is 5.69 Å². The Morgan fingerprint density at radius 1 is 1.29 bits per heavy atom. The van der Waals surface area contributed by atoms with Gasteiger partial charge in [0.15, 0.2) is 5.90 Å². The Hall–Kier alpha value is -1.52. The molecule has 0 aromatic heterocycles. The lowest BCUT2D eigenvalue weighted by Gasteiger charge is -2.02. The number of hydrogen-bond acceptors (Lipinski definition) is 2. The van der Waals surface area contributed by atoms with E-state index in [1.54, 1.807) is 0 Å². The monoisotopic (exact) mass is 203 g/mol. The van der Waals surface area contributed by atoms with E-state index < -0.39 is 12.4 Å². The molecular formula is C9H8F3NO. The zero-order chi connectivity index (χ0) is 10.6. The van der Waals surface area contributed by atoms with Crippen LogP contribution in [0.15, 0.2) is 29.3 Å². The maximum atomic E-state index is 12.4. The summed E-state index contributed by atoms with van der Waals surface area (Å²) in [5.41, 5.74) is 0.365. The Morgan fingerprint density at radius 2 is 1.86 bits per heavy atom. The molecular weight excluding hydrogens is 195 g/mol. The van der Waals surface area contributed by atoms with Gasteiger partial charge in [0.05, 0.1) is 5.69 Å². The highest BCUT2D eigenvalue weighted by molar-refractivity contribution is 5.76. The van der Waals surface area contributed by atoms with E-state index in [2.05, 4.69) is 9.73 Å². The maximum absolute atomic E-state index is 12.4. The quantitative estimate of drug-likeness (QED) is 0.534. The summed E-state index contributed by atoms with van der Waals surface area (Å²) in [6.07, 6.45) is 0. The molecule has 0 aliphatic rings. The van der Waals surface area contributed by atoms with Crippen molar-refractivity contribution in [2.75, 3.05) is 0 Å². The summed E-state index contributed by atoms with van der Waals surface area (Å²) in [7, 11) is 0. The lowest BCUT2D eigenvalue weighted by atomic mass is 10.3. The van der Waals surface area contributed by atoms with Gasteiger partial charge in [0.2, 0.25) is 0 Å². The van der Waals surface area contributed by atoms with Crippen LogP contribution < -0.4 is 0 Å². The van der Waals surface area contributed by atoms with E-state index in [0.717, 1.165) is 0 Å². The fourth-order valence-corrected chi connectivity index (χ4v) is 0.853. The standard InChI is InChI=1S/C9H8F3NO/c1-6(14-9(11)12)13-8-4-2-7(10)3-5-8/h2-5,9H,1H3. The van der Waals surface area contributed by atoms with Gasteiger partial charge >= 0.3 is 6.61 Å². The van der Waals surface area contributed by atoms with Gasteiger partial charge in [-0.05, 0) is 24.3 Å². The Kier molecular flexibility index (Phi) is 3.50. The van der Waals surface area contributed by atoms with E-state index in [1.165, 1.54) is 31.2 Å². The largest absolute Gasteiger partial charge is 0.421 e. The van der Waals surface area contributed by atoms with Gasteiger partial charge in [-0.2, -0.15) is 8.78 Å². The van der Waals surface area contributed by atoms with Crippen LogP contribution in [0.2, 0.25) is 0 Å². The fourth-order valence-electron chi connectivity index (χ4n) is 0.853. The highest BCUT2D eigenvalue weighted by atomic mass is 19.3. The van der Waals surface area contributed by atoms with Crippen molar-refractivity contribution in [2.24, 2.45) is 4.99 Å². The number of benzene rings is 1. The molecule has 1 aromatic rings. The molecule has 0 saturated heterocycles. The molecule has 0 aliphatic heterocycles. The summed E-state index contributed by atoms with van der Waals surface area (Å²) in [4.78, 5) is 3.69. The Morgan fingerprint density at radius 3 is 2.36 bits per heavy atom. The van der Waals surface area contributed by atoms with Gasteiger partial charge in [0, 0.05) is 6.92 Å². The number of halogens is 3. The normalized spacial score (nSPS) is 11.9. The third-order valence-corrected chi connectivity index (χ3v) is 1.37. The molecule has 0 radical (unpaired) electrons. The van der Waals surface area contributed by atoms with Crippen molar-refractivity contribution in [3.05, 3.63) is 30.1 Å². The molecule has 0 amide bonds. The van der Waals surface area contributed by atoms with Gasteiger partial charge in [-0.15, -0.1) is 0 Å². The Bertz CT molecular complexity index is 321. The molecule has 1 rings (SSSR count). The molecule has 0 aliphatic carbocycles. The van der Waals surface area contributed by atoms with Gasteiger partial charge < -0.3 is 4.74 Å². The third-order valence-electron chi connectivity index (χ3n) is 1.37. The van der Waals surface area contributed by atoms with Crippen LogP contribution in [0.5, 0.6) is 0 Å². The van der Waals surface area contributed by atoms with Crippen LogP contribution in [-0.2, 0) is 4.74 Å². The summed E-state index contributed by atoms with van der Waals surface area (Å²) in [5, 5.41) is 0. The second-order valence-corrected chi connectivity index (χ2v) is 2.49. The smallest absolute Gasteiger partial charge is 0.388 e. The number of aliphatic imine (C=N–C) groups is 1. The minimum Gasteiger partial charge on any atom is -0.421 e. The molecule has 0 saturated carbocycles. The molecule has 0 fully saturated rings. The third kappa shape index (κ3) is 3.47. The Labute approximate surface area is 79.0 Å². The number of hydrogen-bond donors (Lipinski definition) is 0. The number of ether oxygens (including phenoxy) is 1. The highest BCUT2D eigenvalue weighted by Gasteiger charge is 2.03. The first kappa shape index (κ1) is 10.6. The average molecular weight is 203 g/mol. The number of rotatable bonds is 2.